The van der Waals surface area contributed by atoms with Crippen LogP contribution in [0.4, 0.5) is 32.0 Å². The molecule has 1 aromatic rings. The smallest absolute Gasteiger partial charge is 0.385 e. The SMILES string of the molecule is FC(F)(F)c1cc2c(c(C(F)(F)F)c1)CCCN2. The second-order valence-corrected chi connectivity index (χ2v) is 4.08. The Kier molecular flexibility index (Phi) is 2.95. The molecule has 1 aromatic carbocycles. The van der Waals surface area contributed by atoms with Gasteiger partial charge in [-0.1, -0.05) is 0 Å². The topological polar surface area (TPSA) is 12.0 Å². The van der Waals surface area contributed by atoms with Crippen LogP contribution in [0.5, 0.6) is 0 Å². The molecule has 0 fully saturated rings. The van der Waals surface area contributed by atoms with E-state index in [1.165, 1.54) is 0 Å². The Morgan fingerprint density at radius 3 is 2.17 bits per heavy atom. The van der Waals surface area contributed by atoms with Gasteiger partial charge in [-0.05, 0) is 30.5 Å². The van der Waals surface area contributed by atoms with Crippen molar-refractivity contribution in [2.75, 3.05) is 11.9 Å². The Hall–Kier alpha value is -1.40. The third kappa shape index (κ3) is 2.39. The van der Waals surface area contributed by atoms with Crippen LogP contribution in [0.1, 0.15) is 23.1 Å². The molecule has 0 radical (unpaired) electrons. The first-order valence-corrected chi connectivity index (χ1v) is 5.25. The van der Waals surface area contributed by atoms with Gasteiger partial charge in [-0.15, -0.1) is 0 Å². The van der Waals surface area contributed by atoms with Crippen molar-refractivity contribution in [1.29, 1.82) is 0 Å². The molecule has 1 N–H and O–H groups in total. The number of rotatable bonds is 0. The molecule has 0 atom stereocenters. The lowest BCUT2D eigenvalue weighted by atomic mass is 9.94. The first-order valence-electron chi connectivity index (χ1n) is 5.25. The van der Waals surface area contributed by atoms with Crippen molar-refractivity contribution < 1.29 is 26.3 Å². The molecule has 100 valence electrons. The van der Waals surface area contributed by atoms with E-state index in [0.29, 0.717) is 13.0 Å². The van der Waals surface area contributed by atoms with Crippen molar-refractivity contribution in [3.8, 4) is 0 Å². The second kappa shape index (κ2) is 4.07. The summed E-state index contributed by atoms with van der Waals surface area (Å²) < 4.78 is 75.8. The number of anilines is 1. The van der Waals surface area contributed by atoms with Gasteiger partial charge in [0.15, 0.2) is 0 Å². The summed E-state index contributed by atoms with van der Waals surface area (Å²) in [5, 5.41) is 2.59. The maximum Gasteiger partial charge on any atom is 0.416 e. The van der Waals surface area contributed by atoms with Crippen LogP contribution in [-0.2, 0) is 18.8 Å². The van der Waals surface area contributed by atoms with Crippen molar-refractivity contribution in [3.63, 3.8) is 0 Å². The van der Waals surface area contributed by atoms with Gasteiger partial charge in [-0.25, -0.2) is 0 Å². The highest BCUT2D eigenvalue weighted by Gasteiger charge is 2.39. The van der Waals surface area contributed by atoms with E-state index >= 15 is 0 Å². The molecule has 0 bridgehead atoms. The summed E-state index contributed by atoms with van der Waals surface area (Å²) in [6, 6.07) is 0.926. The van der Waals surface area contributed by atoms with E-state index in [9.17, 15) is 26.3 Å². The number of hydrogen-bond acceptors (Lipinski definition) is 1. The summed E-state index contributed by atoms with van der Waals surface area (Å²) in [6.45, 7) is 0.381. The maximum atomic E-state index is 12.7. The van der Waals surface area contributed by atoms with Gasteiger partial charge in [0.2, 0.25) is 0 Å². The minimum absolute atomic E-state index is 0.0663. The minimum Gasteiger partial charge on any atom is -0.385 e. The van der Waals surface area contributed by atoms with Crippen molar-refractivity contribution in [1.82, 2.24) is 0 Å². The zero-order chi connectivity index (χ0) is 13.6. The summed E-state index contributed by atoms with van der Waals surface area (Å²) in [4.78, 5) is 0. The Bertz CT molecular complexity index is 460. The highest BCUT2D eigenvalue weighted by molar-refractivity contribution is 5.59. The molecular weight excluding hydrogens is 260 g/mol. The molecule has 18 heavy (non-hydrogen) atoms. The highest BCUT2D eigenvalue weighted by atomic mass is 19.4. The predicted octanol–water partition coefficient (Wildman–Crippen LogP) is 4.08. The molecule has 1 aliphatic rings. The van der Waals surface area contributed by atoms with Crippen LogP contribution in [0, 0.1) is 0 Å². The number of benzene rings is 1. The summed E-state index contributed by atoms with van der Waals surface area (Å²) in [7, 11) is 0. The Balaban J connectivity index is 2.63. The normalized spacial score (nSPS) is 16.1. The fraction of sp³-hybridized carbons (Fsp3) is 0.455. The fourth-order valence-electron chi connectivity index (χ4n) is 2.00. The molecule has 0 saturated heterocycles. The Morgan fingerprint density at radius 2 is 1.61 bits per heavy atom. The van der Waals surface area contributed by atoms with E-state index < -0.39 is 23.5 Å². The zero-order valence-electron chi connectivity index (χ0n) is 9.04. The number of halogens is 6. The molecule has 1 heterocycles. The van der Waals surface area contributed by atoms with Gasteiger partial charge in [-0.3, -0.25) is 0 Å². The fourth-order valence-corrected chi connectivity index (χ4v) is 2.00. The third-order valence-corrected chi connectivity index (χ3v) is 2.80. The molecule has 0 unspecified atom stereocenters. The minimum atomic E-state index is -4.78. The van der Waals surface area contributed by atoms with Crippen molar-refractivity contribution in [2.45, 2.75) is 25.2 Å². The average molecular weight is 269 g/mol. The van der Waals surface area contributed by atoms with Gasteiger partial charge < -0.3 is 5.32 Å². The molecule has 0 saturated carbocycles. The summed E-state index contributed by atoms with van der Waals surface area (Å²) in [6.07, 6.45) is -8.95. The molecule has 7 heteroatoms. The van der Waals surface area contributed by atoms with E-state index in [-0.39, 0.29) is 23.7 Å². The number of nitrogens with one attached hydrogen (secondary N) is 1. The maximum absolute atomic E-state index is 12.7. The zero-order valence-corrected chi connectivity index (χ0v) is 9.04. The van der Waals surface area contributed by atoms with Crippen LogP contribution in [0.3, 0.4) is 0 Å². The van der Waals surface area contributed by atoms with Crippen LogP contribution in [0.15, 0.2) is 12.1 Å². The second-order valence-electron chi connectivity index (χ2n) is 4.08. The van der Waals surface area contributed by atoms with Crippen LogP contribution < -0.4 is 5.32 Å². The lowest BCUT2D eigenvalue weighted by Crippen LogP contribution is -2.20. The van der Waals surface area contributed by atoms with Gasteiger partial charge in [0.1, 0.15) is 0 Å². The summed E-state index contributed by atoms with van der Waals surface area (Å²) in [5.41, 5.74) is -2.62. The van der Waals surface area contributed by atoms with Gasteiger partial charge in [0.25, 0.3) is 0 Å². The highest BCUT2D eigenvalue weighted by Crippen LogP contribution is 2.41. The first-order chi connectivity index (χ1) is 8.19. The lowest BCUT2D eigenvalue weighted by molar-refractivity contribution is -0.143. The van der Waals surface area contributed by atoms with Crippen molar-refractivity contribution >= 4 is 5.69 Å². The number of alkyl halides is 6. The molecule has 0 aromatic heterocycles. The molecule has 0 amide bonds. The van der Waals surface area contributed by atoms with Crippen LogP contribution in [0.2, 0.25) is 0 Å². The van der Waals surface area contributed by atoms with E-state index in [0.717, 1.165) is 6.07 Å². The van der Waals surface area contributed by atoms with E-state index in [4.69, 9.17) is 0 Å². The Morgan fingerprint density at radius 1 is 0.944 bits per heavy atom. The van der Waals surface area contributed by atoms with E-state index in [1.54, 1.807) is 0 Å². The van der Waals surface area contributed by atoms with Crippen molar-refractivity contribution in [2.24, 2.45) is 0 Å². The third-order valence-electron chi connectivity index (χ3n) is 2.80. The van der Waals surface area contributed by atoms with Crippen molar-refractivity contribution in [3.05, 3.63) is 28.8 Å². The van der Waals surface area contributed by atoms with Gasteiger partial charge in [0, 0.05) is 12.2 Å². The number of fused-ring (bicyclic) bond motifs is 1. The quantitative estimate of drug-likeness (QED) is 0.700. The van der Waals surface area contributed by atoms with Gasteiger partial charge >= 0.3 is 12.4 Å². The van der Waals surface area contributed by atoms with Gasteiger partial charge in [0.05, 0.1) is 11.1 Å². The monoisotopic (exact) mass is 269 g/mol. The largest absolute Gasteiger partial charge is 0.416 e. The molecule has 1 nitrogen and oxygen atoms in total. The standard InChI is InChI=1S/C11H9F6N/c12-10(13,14)6-4-8(11(15,16)17)7-2-1-3-18-9(7)5-6/h4-5,18H,1-3H2. The lowest BCUT2D eigenvalue weighted by Gasteiger charge is -2.24. The number of hydrogen-bond donors (Lipinski definition) is 1. The average Bonchev–Trinajstić information content (AvgIpc) is 2.25. The van der Waals surface area contributed by atoms with Crippen LogP contribution in [-0.4, -0.2) is 6.54 Å². The predicted molar refractivity (Wildman–Crippen MR) is 53.3 cm³/mol. The molecular formula is C11H9F6N. The molecule has 0 aliphatic carbocycles. The van der Waals surface area contributed by atoms with Crippen LogP contribution in [0.25, 0.3) is 0 Å². The van der Waals surface area contributed by atoms with E-state index in [1.807, 2.05) is 0 Å². The molecule has 2 rings (SSSR count). The molecule has 0 spiro atoms. The summed E-state index contributed by atoms with van der Waals surface area (Å²) >= 11 is 0. The van der Waals surface area contributed by atoms with Gasteiger partial charge in [-0.2, -0.15) is 26.3 Å². The van der Waals surface area contributed by atoms with Crippen LogP contribution >= 0.6 is 0 Å². The Labute approximate surface area is 98.8 Å². The first kappa shape index (κ1) is 13.0. The summed E-state index contributed by atoms with van der Waals surface area (Å²) in [5.74, 6) is 0. The molecule has 1 aliphatic heterocycles. The van der Waals surface area contributed by atoms with E-state index in [2.05, 4.69) is 5.32 Å².